The molecule has 2 unspecified atom stereocenters. The Morgan fingerprint density at radius 2 is 2.21 bits per heavy atom. The van der Waals surface area contributed by atoms with E-state index < -0.39 is 0 Å². The van der Waals surface area contributed by atoms with Crippen LogP contribution in [0.1, 0.15) is 18.1 Å². The third-order valence-electron chi connectivity index (χ3n) is 3.15. The number of nitrogens with two attached hydrogens (primary N) is 1. The second-order valence-corrected chi connectivity index (χ2v) is 5.41. The molecule has 2 atom stereocenters. The lowest BCUT2D eigenvalue weighted by Crippen LogP contribution is -2.28. The Bertz CT molecular complexity index is 468. The Hall–Kier alpha value is -0.810. The number of hydrogen-bond acceptors (Lipinski definition) is 3. The predicted octanol–water partition coefficient (Wildman–Crippen LogP) is 2.15. The normalized spacial score (nSPS) is 23.9. The molecule has 2 rings (SSSR count). The van der Waals surface area contributed by atoms with Crippen LogP contribution in [0.2, 0.25) is 10.0 Å². The molecule has 1 heterocycles. The maximum Gasteiger partial charge on any atom is 0.217 e. The number of halogens is 2. The predicted molar refractivity (Wildman–Crippen MR) is 75.3 cm³/mol. The highest BCUT2D eigenvalue weighted by atomic mass is 35.5. The van der Waals surface area contributed by atoms with E-state index >= 15 is 0 Å². The zero-order valence-electron chi connectivity index (χ0n) is 10.4. The molecule has 1 aliphatic rings. The lowest BCUT2D eigenvalue weighted by atomic mass is 9.92. The van der Waals surface area contributed by atoms with Gasteiger partial charge < -0.3 is 15.8 Å². The monoisotopic (exact) mass is 302 g/mol. The minimum Gasteiger partial charge on any atom is -0.372 e. The molecule has 3 N–H and O–H groups in total. The molecule has 0 bridgehead atoms. The Morgan fingerprint density at radius 1 is 1.42 bits per heavy atom. The van der Waals surface area contributed by atoms with Gasteiger partial charge in [-0.25, -0.2) is 0 Å². The van der Waals surface area contributed by atoms with Crippen LogP contribution >= 0.6 is 23.2 Å². The fourth-order valence-corrected chi connectivity index (χ4v) is 2.59. The van der Waals surface area contributed by atoms with Crippen molar-refractivity contribution in [1.82, 2.24) is 5.32 Å². The first kappa shape index (κ1) is 14.6. The molecule has 1 saturated heterocycles. The molecule has 1 aromatic carbocycles. The second kappa shape index (κ2) is 6.57. The maximum atomic E-state index is 11.2. The first-order valence-electron chi connectivity index (χ1n) is 6.13. The zero-order chi connectivity index (χ0) is 13.8. The summed E-state index contributed by atoms with van der Waals surface area (Å²) in [5.41, 5.74) is 6.22. The molecule has 1 aromatic rings. The van der Waals surface area contributed by atoms with E-state index in [2.05, 4.69) is 5.32 Å². The molecule has 1 amide bonds. The Balaban J connectivity index is 2.25. The van der Waals surface area contributed by atoms with Crippen LogP contribution in [0.25, 0.3) is 0 Å². The third-order valence-corrected chi connectivity index (χ3v) is 3.89. The number of carbonyl (C=O) groups excluding carboxylic acids is 1. The van der Waals surface area contributed by atoms with Gasteiger partial charge in [0, 0.05) is 25.4 Å². The van der Waals surface area contributed by atoms with Crippen molar-refractivity contribution in [2.45, 2.75) is 12.5 Å². The topological polar surface area (TPSA) is 64.4 Å². The van der Waals surface area contributed by atoms with Crippen molar-refractivity contribution in [3.05, 3.63) is 33.8 Å². The van der Waals surface area contributed by atoms with Crippen molar-refractivity contribution in [2.75, 3.05) is 19.7 Å². The van der Waals surface area contributed by atoms with E-state index in [4.69, 9.17) is 33.7 Å². The van der Waals surface area contributed by atoms with Crippen molar-refractivity contribution in [2.24, 2.45) is 11.7 Å². The number of benzene rings is 1. The molecule has 19 heavy (non-hydrogen) atoms. The van der Waals surface area contributed by atoms with E-state index in [1.165, 1.54) is 0 Å². The van der Waals surface area contributed by atoms with Gasteiger partial charge in [-0.05, 0) is 17.7 Å². The van der Waals surface area contributed by atoms with Gasteiger partial charge in [-0.1, -0.05) is 29.3 Å². The van der Waals surface area contributed by atoms with Gasteiger partial charge in [0.1, 0.15) is 0 Å². The number of nitrogens with one attached hydrogen (secondary N) is 1. The van der Waals surface area contributed by atoms with E-state index in [9.17, 15) is 4.79 Å². The first-order valence-corrected chi connectivity index (χ1v) is 6.89. The molecule has 0 radical (unpaired) electrons. The van der Waals surface area contributed by atoms with Crippen molar-refractivity contribution in [3.63, 3.8) is 0 Å². The summed E-state index contributed by atoms with van der Waals surface area (Å²) < 4.78 is 5.83. The van der Waals surface area contributed by atoms with Gasteiger partial charge in [0.2, 0.25) is 5.91 Å². The van der Waals surface area contributed by atoms with Crippen molar-refractivity contribution in [3.8, 4) is 0 Å². The van der Waals surface area contributed by atoms with Gasteiger partial charge >= 0.3 is 0 Å². The van der Waals surface area contributed by atoms with Gasteiger partial charge in [-0.2, -0.15) is 0 Å². The summed E-state index contributed by atoms with van der Waals surface area (Å²) in [4.78, 5) is 11.2. The number of amides is 1. The molecule has 1 aliphatic heterocycles. The van der Waals surface area contributed by atoms with Crippen LogP contribution in [0.5, 0.6) is 0 Å². The summed E-state index contributed by atoms with van der Waals surface area (Å²) in [6.45, 7) is 2.03. The minimum absolute atomic E-state index is 0.00255. The average molecular weight is 303 g/mol. The number of primary amides is 1. The fraction of sp³-hybridized carbons (Fsp3) is 0.462. The van der Waals surface area contributed by atoms with E-state index in [1.54, 1.807) is 12.1 Å². The SMILES string of the molecule is NC(=O)CC1CNCCOC1c1ccc(Cl)c(Cl)c1. The largest absolute Gasteiger partial charge is 0.372 e. The van der Waals surface area contributed by atoms with Gasteiger partial charge in [-0.15, -0.1) is 0 Å². The van der Waals surface area contributed by atoms with Crippen LogP contribution in [-0.4, -0.2) is 25.6 Å². The van der Waals surface area contributed by atoms with Gasteiger partial charge in [0.25, 0.3) is 0 Å². The van der Waals surface area contributed by atoms with Crippen LogP contribution in [0.4, 0.5) is 0 Å². The fourth-order valence-electron chi connectivity index (χ4n) is 2.28. The average Bonchev–Trinajstić information content (AvgIpc) is 2.57. The smallest absolute Gasteiger partial charge is 0.217 e. The van der Waals surface area contributed by atoms with Crippen molar-refractivity contribution < 1.29 is 9.53 Å². The molecular formula is C13H16Cl2N2O2. The number of hydrogen-bond donors (Lipinski definition) is 2. The lowest BCUT2D eigenvalue weighted by Gasteiger charge is -2.24. The second-order valence-electron chi connectivity index (χ2n) is 4.60. The molecule has 6 heteroatoms. The summed E-state index contributed by atoms with van der Waals surface area (Å²) in [7, 11) is 0. The molecule has 4 nitrogen and oxygen atoms in total. The highest BCUT2D eigenvalue weighted by Gasteiger charge is 2.27. The van der Waals surface area contributed by atoms with Crippen LogP contribution in [0.15, 0.2) is 18.2 Å². The van der Waals surface area contributed by atoms with Gasteiger partial charge in [-0.3, -0.25) is 4.79 Å². The van der Waals surface area contributed by atoms with Gasteiger partial charge in [0.15, 0.2) is 0 Å². The molecule has 0 saturated carbocycles. The summed E-state index contributed by atoms with van der Waals surface area (Å²) in [5, 5.41) is 4.22. The molecule has 0 aromatic heterocycles. The number of ether oxygens (including phenoxy) is 1. The molecule has 0 aliphatic carbocycles. The molecule has 1 fully saturated rings. The standard InChI is InChI=1S/C13H16Cl2N2O2/c14-10-2-1-8(5-11(10)15)13-9(6-12(16)18)7-17-3-4-19-13/h1-2,5,9,13,17H,3-4,6-7H2,(H2,16,18). The summed E-state index contributed by atoms with van der Waals surface area (Å²) in [6.07, 6.45) is 0.0787. The minimum atomic E-state index is -0.331. The van der Waals surface area contributed by atoms with Crippen LogP contribution in [0.3, 0.4) is 0 Å². The highest BCUT2D eigenvalue weighted by Crippen LogP contribution is 2.33. The molecule has 104 valence electrons. The quantitative estimate of drug-likeness (QED) is 0.899. The summed E-state index contributed by atoms with van der Waals surface area (Å²) in [5.74, 6) is -0.334. The third kappa shape index (κ3) is 3.83. The zero-order valence-corrected chi connectivity index (χ0v) is 11.9. The van der Waals surface area contributed by atoms with Crippen LogP contribution < -0.4 is 11.1 Å². The van der Waals surface area contributed by atoms with Crippen LogP contribution in [-0.2, 0) is 9.53 Å². The Kier molecular flexibility index (Phi) is 5.05. The Labute approximate surface area is 122 Å². The molecular weight excluding hydrogens is 287 g/mol. The van der Waals surface area contributed by atoms with Crippen LogP contribution in [0, 0.1) is 5.92 Å². The summed E-state index contributed by atoms with van der Waals surface area (Å²) in [6, 6.07) is 5.40. The molecule has 0 spiro atoms. The first-order chi connectivity index (χ1) is 9.08. The number of rotatable bonds is 3. The van der Waals surface area contributed by atoms with E-state index in [0.29, 0.717) is 23.2 Å². The number of carbonyl (C=O) groups is 1. The Morgan fingerprint density at radius 3 is 2.89 bits per heavy atom. The van der Waals surface area contributed by atoms with E-state index in [-0.39, 0.29) is 24.3 Å². The van der Waals surface area contributed by atoms with Crippen molar-refractivity contribution >= 4 is 29.1 Å². The maximum absolute atomic E-state index is 11.2. The van der Waals surface area contributed by atoms with Gasteiger partial charge in [0.05, 0.1) is 22.8 Å². The lowest BCUT2D eigenvalue weighted by molar-refractivity contribution is -0.120. The van der Waals surface area contributed by atoms with E-state index in [0.717, 1.165) is 12.1 Å². The highest BCUT2D eigenvalue weighted by molar-refractivity contribution is 6.42. The van der Waals surface area contributed by atoms with Crippen molar-refractivity contribution in [1.29, 1.82) is 0 Å². The van der Waals surface area contributed by atoms with E-state index in [1.807, 2.05) is 6.07 Å². The summed E-state index contributed by atoms with van der Waals surface area (Å²) >= 11 is 11.9.